The Balaban J connectivity index is 1.91. The fourth-order valence-corrected chi connectivity index (χ4v) is 4.83. The van der Waals surface area contributed by atoms with E-state index in [0.29, 0.717) is 17.1 Å². The first-order valence-electron chi connectivity index (χ1n) is 13.8. The van der Waals surface area contributed by atoms with Gasteiger partial charge in [0.2, 0.25) is 5.75 Å². The van der Waals surface area contributed by atoms with Crippen molar-refractivity contribution in [2.45, 2.75) is 40.2 Å². The molecule has 1 atom stereocenters. The van der Waals surface area contributed by atoms with E-state index in [2.05, 4.69) is 10.3 Å². The number of nitrogens with zero attached hydrogens (tertiary/aromatic N) is 1. The molecule has 0 spiro atoms. The van der Waals surface area contributed by atoms with Crippen LogP contribution in [0.15, 0.2) is 54.4 Å². The summed E-state index contributed by atoms with van der Waals surface area (Å²) in [4.78, 5) is 42.9. The number of ether oxygens (including phenoxy) is 5. The van der Waals surface area contributed by atoms with E-state index >= 15 is 0 Å². The van der Waals surface area contributed by atoms with E-state index in [1.54, 1.807) is 21.1 Å². The Morgan fingerprint density at radius 2 is 1.45 bits per heavy atom. The van der Waals surface area contributed by atoms with E-state index in [1.165, 1.54) is 38.1 Å². The van der Waals surface area contributed by atoms with Crippen molar-refractivity contribution in [3.63, 3.8) is 0 Å². The van der Waals surface area contributed by atoms with E-state index in [0.717, 1.165) is 33.8 Å². The number of methoxy groups -OCH3 is 3. The molecule has 1 aromatic heterocycles. The van der Waals surface area contributed by atoms with Gasteiger partial charge in [0.15, 0.2) is 11.4 Å². The number of amides is 1. The van der Waals surface area contributed by atoms with Gasteiger partial charge in [-0.3, -0.25) is 9.59 Å². The van der Waals surface area contributed by atoms with Crippen LogP contribution < -0.4 is 24.3 Å². The van der Waals surface area contributed by atoms with Crippen LogP contribution in [-0.4, -0.2) is 62.2 Å². The molecule has 2 aromatic carbocycles. The van der Waals surface area contributed by atoms with Crippen LogP contribution in [0.4, 0.5) is 0 Å². The number of carbonyl (C=O) groups excluding carboxylic acids is 3. The molecule has 0 aliphatic heterocycles. The highest BCUT2D eigenvalue weighted by atomic mass is 32.2. The minimum atomic E-state index is -1.08. The van der Waals surface area contributed by atoms with Crippen molar-refractivity contribution < 1.29 is 38.1 Å². The molecule has 10 nitrogen and oxygen atoms in total. The average Bonchev–Trinajstić information content (AvgIpc) is 3.00. The van der Waals surface area contributed by atoms with Gasteiger partial charge in [-0.05, 0) is 80.5 Å². The number of nitrogens with one attached hydrogen (secondary N) is 1. The third-order valence-corrected chi connectivity index (χ3v) is 7.32. The zero-order chi connectivity index (χ0) is 32.4. The summed E-state index contributed by atoms with van der Waals surface area (Å²) in [6, 6.07) is 11.8. The molecule has 1 N–H and O–H groups in total. The number of aryl methyl sites for hydroxylation is 2. The molecular formula is C33H38N2O8S. The summed E-state index contributed by atoms with van der Waals surface area (Å²) >= 11 is 1.49. The summed E-state index contributed by atoms with van der Waals surface area (Å²) in [5.41, 5.74) is 3.91. The van der Waals surface area contributed by atoms with Crippen molar-refractivity contribution in [1.29, 1.82) is 0 Å². The number of rotatable bonds is 13. The Labute approximate surface area is 262 Å². The molecule has 3 rings (SSSR count). The van der Waals surface area contributed by atoms with Crippen molar-refractivity contribution in [1.82, 2.24) is 10.3 Å². The SMILES string of the molecule is COc1ccc(C(=C(C)OC(=O)[C@H](C)NC(=O)c2nccc(OC)c2OC(=O)CCSC)c2ccc(OC)c(C)c2)cc1C. The highest BCUT2D eigenvalue weighted by Crippen LogP contribution is 2.34. The van der Waals surface area contributed by atoms with Crippen molar-refractivity contribution >= 4 is 35.2 Å². The number of thioether (sulfide) groups is 1. The number of aromatic nitrogens is 1. The lowest BCUT2D eigenvalue weighted by Crippen LogP contribution is -2.40. The third kappa shape index (κ3) is 8.31. The number of benzene rings is 2. The Bertz CT molecular complexity index is 1500. The molecule has 0 aliphatic carbocycles. The molecule has 0 aliphatic rings. The fourth-order valence-electron chi connectivity index (χ4n) is 4.46. The molecular weight excluding hydrogens is 584 g/mol. The van der Waals surface area contributed by atoms with E-state index in [1.807, 2.05) is 56.5 Å². The zero-order valence-corrected chi connectivity index (χ0v) is 27.0. The highest BCUT2D eigenvalue weighted by Gasteiger charge is 2.26. The van der Waals surface area contributed by atoms with Crippen LogP contribution in [0.25, 0.3) is 5.57 Å². The predicted octanol–water partition coefficient (Wildman–Crippen LogP) is 5.52. The lowest BCUT2D eigenvalue weighted by molar-refractivity contribution is -0.141. The molecule has 0 saturated carbocycles. The average molecular weight is 623 g/mol. The first kappa shape index (κ1) is 34.0. The Morgan fingerprint density at radius 1 is 0.886 bits per heavy atom. The van der Waals surface area contributed by atoms with Gasteiger partial charge in [0.25, 0.3) is 5.91 Å². The van der Waals surface area contributed by atoms with Gasteiger partial charge < -0.3 is 29.0 Å². The first-order valence-corrected chi connectivity index (χ1v) is 15.2. The maximum absolute atomic E-state index is 13.3. The summed E-state index contributed by atoms with van der Waals surface area (Å²) in [5, 5.41) is 2.59. The predicted molar refractivity (Wildman–Crippen MR) is 170 cm³/mol. The molecule has 0 saturated heterocycles. The second-order valence-electron chi connectivity index (χ2n) is 9.82. The quantitative estimate of drug-likeness (QED) is 0.193. The number of hydrogen-bond donors (Lipinski definition) is 1. The first-order chi connectivity index (χ1) is 21.0. The van der Waals surface area contributed by atoms with Crippen LogP contribution >= 0.6 is 11.8 Å². The molecule has 0 fully saturated rings. The number of esters is 2. The summed E-state index contributed by atoms with van der Waals surface area (Å²) < 4.78 is 27.4. The zero-order valence-electron chi connectivity index (χ0n) is 26.2. The second kappa shape index (κ2) is 15.8. The van der Waals surface area contributed by atoms with Crippen LogP contribution in [0.2, 0.25) is 0 Å². The van der Waals surface area contributed by atoms with Crippen molar-refractivity contribution in [3.8, 4) is 23.0 Å². The summed E-state index contributed by atoms with van der Waals surface area (Å²) in [6.07, 6.45) is 3.36. The molecule has 11 heteroatoms. The molecule has 0 unspecified atom stereocenters. The molecule has 0 radical (unpaired) electrons. The van der Waals surface area contributed by atoms with Gasteiger partial charge in [0.1, 0.15) is 23.3 Å². The maximum Gasteiger partial charge on any atom is 0.333 e. The van der Waals surface area contributed by atoms with Crippen LogP contribution in [0.5, 0.6) is 23.0 Å². The van der Waals surface area contributed by atoms with E-state index in [4.69, 9.17) is 23.7 Å². The van der Waals surface area contributed by atoms with E-state index in [9.17, 15) is 14.4 Å². The molecule has 44 heavy (non-hydrogen) atoms. The van der Waals surface area contributed by atoms with Crippen LogP contribution in [0.3, 0.4) is 0 Å². The Hall–Kier alpha value is -4.51. The smallest absolute Gasteiger partial charge is 0.333 e. The van der Waals surface area contributed by atoms with Crippen LogP contribution in [0.1, 0.15) is 53.0 Å². The van der Waals surface area contributed by atoms with Crippen molar-refractivity contribution in [3.05, 3.63) is 82.4 Å². The van der Waals surface area contributed by atoms with Gasteiger partial charge in [-0.15, -0.1) is 0 Å². The normalized spacial score (nSPS) is 11.2. The van der Waals surface area contributed by atoms with E-state index in [-0.39, 0.29) is 23.6 Å². The topological polar surface area (TPSA) is 122 Å². The number of hydrogen-bond acceptors (Lipinski definition) is 10. The minimum Gasteiger partial charge on any atom is -0.496 e. The Morgan fingerprint density at radius 3 is 1.95 bits per heavy atom. The molecule has 3 aromatic rings. The van der Waals surface area contributed by atoms with Crippen LogP contribution in [0, 0.1) is 13.8 Å². The standard InChI is InChI=1S/C33H38N2O8S/c1-19-17-23(9-11-25(19)39-5)29(24-10-12-26(40-6)20(2)18-24)22(4)42-33(38)21(3)35-32(37)30-31(27(41-7)13-15-34-30)43-28(36)14-16-44-8/h9-13,15,17-18,21H,14,16H2,1-8H3,(H,35,37)/t21-/m0/s1. The summed E-state index contributed by atoms with van der Waals surface area (Å²) in [6.45, 7) is 7.04. The Kier molecular flexibility index (Phi) is 12.2. The van der Waals surface area contributed by atoms with Gasteiger partial charge in [-0.1, -0.05) is 12.1 Å². The van der Waals surface area contributed by atoms with Crippen LogP contribution in [-0.2, 0) is 14.3 Å². The lowest BCUT2D eigenvalue weighted by Gasteiger charge is -2.19. The molecule has 1 heterocycles. The summed E-state index contributed by atoms with van der Waals surface area (Å²) in [7, 11) is 4.60. The van der Waals surface area contributed by atoms with E-state index < -0.39 is 23.9 Å². The van der Waals surface area contributed by atoms with Gasteiger partial charge in [-0.2, -0.15) is 11.8 Å². The molecule has 1 amide bonds. The second-order valence-corrected chi connectivity index (χ2v) is 10.8. The molecule has 234 valence electrons. The lowest BCUT2D eigenvalue weighted by atomic mass is 9.94. The maximum atomic E-state index is 13.3. The number of allylic oxidation sites excluding steroid dienone is 1. The minimum absolute atomic E-state index is 0.123. The van der Waals surface area contributed by atoms with Gasteiger partial charge >= 0.3 is 11.9 Å². The number of pyridine rings is 1. The van der Waals surface area contributed by atoms with Crippen molar-refractivity contribution in [2.24, 2.45) is 0 Å². The fraction of sp³-hybridized carbons (Fsp3) is 0.333. The summed E-state index contributed by atoms with van der Waals surface area (Å²) in [5.74, 6) is 0.386. The largest absolute Gasteiger partial charge is 0.496 e. The number of carbonyl (C=O) groups is 3. The van der Waals surface area contributed by atoms with Crippen molar-refractivity contribution in [2.75, 3.05) is 33.3 Å². The monoisotopic (exact) mass is 622 g/mol. The highest BCUT2D eigenvalue weighted by molar-refractivity contribution is 7.98. The van der Waals surface area contributed by atoms with Gasteiger partial charge in [0, 0.05) is 23.6 Å². The van der Waals surface area contributed by atoms with Gasteiger partial charge in [0.05, 0.1) is 27.8 Å². The third-order valence-electron chi connectivity index (χ3n) is 6.70. The van der Waals surface area contributed by atoms with Gasteiger partial charge in [-0.25, -0.2) is 9.78 Å². The molecule has 0 bridgehead atoms.